The highest BCUT2D eigenvalue weighted by Gasteiger charge is 2.30. The van der Waals surface area contributed by atoms with Gasteiger partial charge in [-0.3, -0.25) is 4.79 Å². The zero-order valence-electron chi connectivity index (χ0n) is 18.7. The third kappa shape index (κ3) is 4.72. The van der Waals surface area contributed by atoms with Crippen LogP contribution in [0, 0.1) is 0 Å². The molecule has 0 saturated heterocycles. The van der Waals surface area contributed by atoms with E-state index in [0.717, 1.165) is 22.3 Å². The molecule has 0 bridgehead atoms. The lowest BCUT2D eigenvalue weighted by molar-refractivity contribution is -0.137. The minimum absolute atomic E-state index is 0.0936. The Labute approximate surface area is 205 Å². The Balaban J connectivity index is 1.53. The van der Waals surface area contributed by atoms with Crippen LogP contribution in [0.2, 0.25) is 0 Å². The molecule has 2 N–H and O–H groups in total. The summed E-state index contributed by atoms with van der Waals surface area (Å²) >= 11 is 3.44. The normalized spacial score (nSPS) is 12.9. The number of carboxylic acids is 1. The molecule has 4 rings (SSSR count). The van der Waals surface area contributed by atoms with Gasteiger partial charge in [-0.05, 0) is 39.9 Å². The van der Waals surface area contributed by atoms with Crippen molar-refractivity contribution in [1.82, 2.24) is 5.32 Å². The Bertz CT molecular complexity index is 1180. The van der Waals surface area contributed by atoms with E-state index in [9.17, 15) is 14.7 Å². The fourth-order valence-corrected chi connectivity index (χ4v) is 4.93. The molecule has 0 saturated carbocycles. The molecule has 0 unspecified atom stereocenters. The Kier molecular flexibility index (Phi) is 7.07. The number of ether oxygens (including phenoxy) is 3. The zero-order chi connectivity index (χ0) is 24.2. The molecule has 1 aliphatic rings. The van der Waals surface area contributed by atoms with Gasteiger partial charge in [-0.15, -0.1) is 0 Å². The number of methoxy groups -OCH3 is 2. The van der Waals surface area contributed by atoms with E-state index < -0.39 is 18.1 Å². The van der Waals surface area contributed by atoms with Gasteiger partial charge < -0.3 is 24.6 Å². The average Bonchev–Trinajstić information content (AvgIpc) is 3.15. The number of fused-ring (bicyclic) bond motifs is 3. The lowest BCUT2D eigenvalue weighted by Crippen LogP contribution is -2.32. The minimum atomic E-state index is -1.06. The van der Waals surface area contributed by atoms with Crippen LogP contribution in [-0.2, 0) is 9.53 Å². The number of benzene rings is 3. The fraction of sp³-hybridized carbons (Fsp3) is 0.231. The van der Waals surface area contributed by atoms with Crippen molar-refractivity contribution in [2.45, 2.75) is 18.4 Å². The lowest BCUT2D eigenvalue weighted by atomic mass is 9.98. The molecule has 1 atom stereocenters. The Morgan fingerprint density at radius 2 is 1.53 bits per heavy atom. The number of hydrogen-bond acceptors (Lipinski definition) is 5. The maximum absolute atomic E-state index is 12.8. The molecule has 3 aromatic rings. The first-order valence-electron chi connectivity index (χ1n) is 10.7. The molecule has 0 radical (unpaired) electrons. The van der Waals surface area contributed by atoms with E-state index in [-0.39, 0.29) is 18.9 Å². The fourth-order valence-electron chi connectivity index (χ4n) is 4.33. The molecule has 34 heavy (non-hydrogen) atoms. The minimum Gasteiger partial charge on any atom is -0.493 e. The Morgan fingerprint density at radius 1 is 0.971 bits per heavy atom. The van der Waals surface area contributed by atoms with Crippen LogP contribution in [0.25, 0.3) is 11.1 Å². The summed E-state index contributed by atoms with van der Waals surface area (Å²) in [5, 5.41) is 12.1. The number of carboxylic acid groups (broad SMARTS) is 1. The highest BCUT2D eigenvalue weighted by molar-refractivity contribution is 9.10. The van der Waals surface area contributed by atoms with E-state index in [1.165, 1.54) is 14.2 Å². The summed E-state index contributed by atoms with van der Waals surface area (Å²) in [6, 6.07) is 18.6. The van der Waals surface area contributed by atoms with Crippen molar-refractivity contribution in [1.29, 1.82) is 0 Å². The summed E-state index contributed by atoms with van der Waals surface area (Å²) in [4.78, 5) is 24.3. The summed E-state index contributed by atoms with van der Waals surface area (Å²) < 4.78 is 16.8. The van der Waals surface area contributed by atoms with Crippen molar-refractivity contribution in [3.05, 3.63) is 81.8 Å². The summed E-state index contributed by atoms with van der Waals surface area (Å²) in [5.74, 6) is -0.256. The van der Waals surface area contributed by atoms with E-state index >= 15 is 0 Å². The van der Waals surface area contributed by atoms with Crippen molar-refractivity contribution in [3.63, 3.8) is 0 Å². The van der Waals surface area contributed by atoms with Crippen molar-refractivity contribution < 1.29 is 28.9 Å². The van der Waals surface area contributed by atoms with Crippen LogP contribution in [-0.4, -0.2) is 38.0 Å². The quantitative estimate of drug-likeness (QED) is 0.402. The average molecular weight is 526 g/mol. The van der Waals surface area contributed by atoms with Gasteiger partial charge in [0.2, 0.25) is 0 Å². The third-order valence-corrected chi connectivity index (χ3v) is 6.58. The van der Waals surface area contributed by atoms with E-state index in [4.69, 9.17) is 14.2 Å². The predicted octanol–water partition coefficient (Wildman–Crippen LogP) is 5.52. The summed E-state index contributed by atoms with van der Waals surface area (Å²) in [5.41, 5.74) is 4.99. The van der Waals surface area contributed by atoms with Crippen LogP contribution in [0.15, 0.2) is 65.1 Å². The predicted molar refractivity (Wildman–Crippen MR) is 130 cm³/mol. The highest BCUT2D eigenvalue weighted by Crippen LogP contribution is 2.44. The van der Waals surface area contributed by atoms with E-state index in [1.54, 1.807) is 12.1 Å². The molecular weight excluding hydrogens is 502 g/mol. The number of nitrogens with one attached hydrogen (secondary N) is 1. The zero-order valence-corrected chi connectivity index (χ0v) is 20.3. The number of halogens is 1. The number of amides is 1. The maximum atomic E-state index is 12.8. The van der Waals surface area contributed by atoms with Gasteiger partial charge in [0.1, 0.15) is 6.61 Å². The molecular formula is C26H24BrNO6. The van der Waals surface area contributed by atoms with Gasteiger partial charge in [0, 0.05) is 10.4 Å². The van der Waals surface area contributed by atoms with Gasteiger partial charge in [0.15, 0.2) is 11.5 Å². The van der Waals surface area contributed by atoms with Crippen LogP contribution < -0.4 is 14.8 Å². The van der Waals surface area contributed by atoms with E-state index in [2.05, 4.69) is 33.4 Å². The van der Waals surface area contributed by atoms with Crippen LogP contribution >= 0.6 is 15.9 Å². The first kappa shape index (κ1) is 23.6. The second kappa shape index (κ2) is 10.2. The molecule has 0 fully saturated rings. The number of carbonyl (C=O) groups is 2. The summed E-state index contributed by atoms with van der Waals surface area (Å²) in [6.45, 7) is 0.132. The van der Waals surface area contributed by atoms with Crippen molar-refractivity contribution >= 4 is 28.0 Å². The van der Waals surface area contributed by atoms with Gasteiger partial charge in [-0.25, -0.2) is 4.79 Å². The number of aliphatic carboxylic acids is 1. The van der Waals surface area contributed by atoms with E-state index in [0.29, 0.717) is 21.5 Å². The molecule has 176 valence electrons. The number of alkyl carbamates (subject to hydrolysis) is 1. The van der Waals surface area contributed by atoms with Crippen molar-refractivity contribution in [2.24, 2.45) is 0 Å². The van der Waals surface area contributed by atoms with Gasteiger partial charge >= 0.3 is 12.1 Å². The second-order valence-corrected chi connectivity index (χ2v) is 8.70. The van der Waals surface area contributed by atoms with E-state index in [1.807, 2.05) is 36.4 Å². The molecule has 1 amide bonds. The maximum Gasteiger partial charge on any atom is 0.407 e. The molecule has 0 spiro atoms. The number of carbonyl (C=O) groups excluding carboxylic acids is 1. The Morgan fingerprint density at radius 3 is 2.09 bits per heavy atom. The van der Waals surface area contributed by atoms with Crippen LogP contribution in [0.1, 0.15) is 35.1 Å². The monoisotopic (exact) mass is 525 g/mol. The number of hydrogen-bond donors (Lipinski definition) is 2. The smallest absolute Gasteiger partial charge is 0.407 e. The van der Waals surface area contributed by atoms with Gasteiger partial charge in [-0.2, -0.15) is 0 Å². The lowest BCUT2D eigenvalue weighted by Gasteiger charge is -2.21. The molecule has 1 aliphatic carbocycles. The molecule has 0 aromatic heterocycles. The SMILES string of the molecule is COc1cc(Br)c([C@@H](CC(=O)O)NC(=O)OCC2c3ccccc3-c3ccccc32)cc1OC. The molecule has 0 heterocycles. The highest BCUT2D eigenvalue weighted by atomic mass is 79.9. The number of rotatable bonds is 8. The van der Waals surface area contributed by atoms with Crippen molar-refractivity contribution in [2.75, 3.05) is 20.8 Å². The second-order valence-electron chi connectivity index (χ2n) is 7.85. The van der Waals surface area contributed by atoms with Crippen molar-refractivity contribution in [3.8, 4) is 22.6 Å². The largest absolute Gasteiger partial charge is 0.493 e. The topological polar surface area (TPSA) is 94.1 Å². The van der Waals surface area contributed by atoms with Gasteiger partial charge in [0.05, 0.1) is 26.7 Å². The Hall–Kier alpha value is -3.52. The molecule has 3 aromatic carbocycles. The first-order valence-corrected chi connectivity index (χ1v) is 11.5. The van der Waals surface area contributed by atoms with Gasteiger partial charge in [0.25, 0.3) is 0 Å². The standard InChI is InChI=1S/C26H24BrNO6/c1-32-23-11-19(21(27)12-24(23)33-2)22(13-25(29)30)28-26(31)34-14-20-17-9-5-3-7-15(17)16-8-4-6-10-18(16)20/h3-12,20,22H,13-14H2,1-2H3,(H,28,31)(H,29,30)/t22-/m1/s1. The summed E-state index contributed by atoms with van der Waals surface area (Å²) in [6.07, 6.45) is -1.03. The van der Waals surface area contributed by atoms with Crippen LogP contribution in [0.4, 0.5) is 4.79 Å². The summed E-state index contributed by atoms with van der Waals surface area (Å²) in [7, 11) is 2.99. The molecule has 7 nitrogen and oxygen atoms in total. The third-order valence-electron chi connectivity index (χ3n) is 5.89. The molecule has 8 heteroatoms. The van der Waals surface area contributed by atoms with Crippen LogP contribution in [0.3, 0.4) is 0 Å². The first-order chi connectivity index (χ1) is 16.4. The van der Waals surface area contributed by atoms with Gasteiger partial charge in [-0.1, -0.05) is 64.5 Å². The van der Waals surface area contributed by atoms with Crippen LogP contribution in [0.5, 0.6) is 11.5 Å². The molecule has 0 aliphatic heterocycles.